The lowest BCUT2D eigenvalue weighted by Gasteiger charge is -2.32. The smallest absolute Gasteiger partial charge is 0.224 e. The van der Waals surface area contributed by atoms with Gasteiger partial charge in [-0.15, -0.1) is 0 Å². The van der Waals surface area contributed by atoms with Gasteiger partial charge in [0.25, 0.3) is 0 Å². The van der Waals surface area contributed by atoms with Gasteiger partial charge in [-0.05, 0) is 42.0 Å². The molecule has 1 atom stereocenters. The number of nitrogens with two attached hydrogens (primary N) is 2. The lowest BCUT2D eigenvalue weighted by Crippen LogP contribution is -2.31. The van der Waals surface area contributed by atoms with Crippen molar-refractivity contribution in [3.05, 3.63) is 29.3 Å². The Balaban J connectivity index is 2.25. The molecule has 1 unspecified atom stereocenters. The molecule has 104 valence electrons. The molecule has 1 amide bonds. The number of hydrogen-bond acceptors (Lipinski definition) is 3. The van der Waals surface area contributed by atoms with Crippen molar-refractivity contribution in [2.45, 2.75) is 39.2 Å². The average molecular weight is 261 g/mol. The minimum Gasteiger partial charge on any atom is -0.330 e. The summed E-state index contributed by atoms with van der Waals surface area (Å²) in [6, 6.07) is 6.05. The van der Waals surface area contributed by atoms with Crippen molar-refractivity contribution in [2.24, 2.45) is 16.9 Å². The molecule has 19 heavy (non-hydrogen) atoms. The van der Waals surface area contributed by atoms with Gasteiger partial charge in [0.05, 0.1) is 0 Å². The van der Waals surface area contributed by atoms with Crippen LogP contribution in [0.1, 0.15) is 43.9 Å². The number of amides is 1. The van der Waals surface area contributed by atoms with Crippen molar-refractivity contribution in [1.29, 1.82) is 0 Å². The fraction of sp³-hybridized carbons (Fsp3) is 0.533. The highest BCUT2D eigenvalue weighted by atomic mass is 16.1. The van der Waals surface area contributed by atoms with Crippen LogP contribution in [-0.4, -0.2) is 12.5 Å². The van der Waals surface area contributed by atoms with Crippen LogP contribution in [0.15, 0.2) is 18.2 Å². The Hall–Kier alpha value is -1.39. The normalized spacial score (nSPS) is 16.7. The van der Waals surface area contributed by atoms with Gasteiger partial charge in [-0.25, -0.2) is 0 Å². The zero-order valence-electron chi connectivity index (χ0n) is 11.7. The number of anilines is 1. The van der Waals surface area contributed by atoms with Crippen molar-refractivity contribution >= 4 is 11.6 Å². The average Bonchev–Trinajstić information content (AvgIpc) is 2.37. The molecule has 1 aromatic carbocycles. The van der Waals surface area contributed by atoms with Crippen LogP contribution >= 0.6 is 0 Å². The first-order valence-electron chi connectivity index (χ1n) is 6.82. The fourth-order valence-corrected chi connectivity index (χ4v) is 2.58. The van der Waals surface area contributed by atoms with Crippen LogP contribution < -0.4 is 16.8 Å². The van der Waals surface area contributed by atoms with Gasteiger partial charge in [-0.1, -0.05) is 26.0 Å². The van der Waals surface area contributed by atoms with Crippen LogP contribution in [0.3, 0.4) is 0 Å². The highest BCUT2D eigenvalue weighted by Gasteiger charge is 2.27. The van der Waals surface area contributed by atoms with Crippen LogP contribution in [0.4, 0.5) is 5.69 Å². The van der Waals surface area contributed by atoms with Crippen molar-refractivity contribution in [3.63, 3.8) is 0 Å². The highest BCUT2D eigenvalue weighted by Crippen LogP contribution is 2.36. The highest BCUT2D eigenvalue weighted by molar-refractivity contribution is 5.93. The van der Waals surface area contributed by atoms with E-state index in [0.29, 0.717) is 13.0 Å². The molecule has 0 radical (unpaired) electrons. The van der Waals surface area contributed by atoms with E-state index in [-0.39, 0.29) is 17.4 Å². The molecule has 1 aliphatic rings. The van der Waals surface area contributed by atoms with E-state index in [4.69, 9.17) is 11.5 Å². The zero-order chi connectivity index (χ0) is 14.0. The van der Waals surface area contributed by atoms with Crippen molar-refractivity contribution in [3.8, 4) is 0 Å². The second-order valence-corrected chi connectivity index (χ2v) is 5.97. The number of benzene rings is 1. The molecule has 2 rings (SSSR count). The summed E-state index contributed by atoms with van der Waals surface area (Å²) in [7, 11) is 0. The third kappa shape index (κ3) is 2.96. The molecule has 5 N–H and O–H groups in total. The van der Waals surface area contributed by atoms with E-state index in [0.717, 1.165) is 24.1 Å². The third-order valence-corrected chi connectivity index (χ3v) is 4.01. The first-order valence-corrected chi connectivity index (χ1v) is 6.82. The van der Waals surface area contributed by atoms with Crippen LogP contribution in [0.25, 0.3) is 0 Å². The molecule has 4 nitrogen and oxygen atoms in total. The second kappa shape index (κ2) is 5.31. The summed E-state index contributed by atoms with van der Waals surface area (Å²) in [6.45, 7) is 4.93. The number of fused-ring (bicyclic) bond motifs is 1. The summed E-state index contributed by atoms with van der Waals surface area (Å²) in [5.74, 6) is 0.0908. The zero-order valence-corrected chi connectivity index (χ0v) is 11.7. The summed E-state index contributed by atoms with van der Waals surface area (Å²) < 4.78 is 0. The lowest BCUT2D eigenvalue weighted by molar-refractivity contribution is -0.116. The fourth-order valence-electron chi connectivity index (χ4n) is 2.58. The summed E-state index contributed by atoms with van der Waals surface area (Å²) in [4.78, 5) is 11.3. The van der Waals surface area contributed by atoms with E-state index in [1.165, 1.54) is 5.56 Å². The Morgan fingerprint density at radius 1 is 1.37 bits per heavy atom. The molecular weight excluding hydrogens is 238 g/mol. The van der Waals surface area contributed by atoms with Gasteiger partial charge >= 0.3 is 0 Å². The lowest BCUT2D eigenvalue weighted by atomic mass is 9.78. The van der Waals surface area contributed by atoms with Crippen LogP contribution in [0, 0.1) is 5.41 Å². The SMILES string of the molecule is CC(C)(CCN)C(N)c1ccc2c(c1)CCC(=O)N2. The number of carbonyl (C=O) groups is 1. The maximum Gasteiger partial charge on any atom is 0.224 e. The Bertz CT molecular complexity index is 482. The maximum absolute atomic E-state index is 11.3. The Morgan fingerprint density at radius 2 is 2.11 bits per heavy atom. The quantitative estimate of drug-likeness (QED) is 0.774. The first kappa shape index (κ1) is 14.0. The number of aryl methyl sites for hydroxylation is 1. The van der Waals surface area contributed by atoms with E-state index in [1.54, 1.807) is 0 Å². The third-order valence-electron chi connectivity index (χ3n) is 4.01. The number of hydrogen-bond donors (Lipinski definition) is 3. The summed E-state index contributed by atoms with van der Waals surface area (Å²) in [6.07, 6.45) is 2.24. The Kier molecular flexibility index (Phi) is 3.92. The monoisotopic (exact) mass is 261 g/mol. The molecule has 1 aromatic rings. The van der Waals surface area contributed by atoms with Crippen LogP contribution in [-0.2, 0) is 11.2 Å². The van der Waals surface area contributed by atoms with E-state index in [2.05, 4.69) is 25.2 Å². The predicted octanol–water partition coefficient (Wildman–Crippen LogP) is 1.95. The molecule has 4 heteroatoms. The maximum atomic E-state index is 11.3. The number of carbonyl (C=O) groups excluding carboxylic acids is 1. The van der Waals surface area contributed by atoms with Crippen molar-refractivity contribution in [2.75, 3.05) is 11.9 Å². The molecule has 0 aliphatic carbocycles. The van der Waals surface area contributed by atoms with Gasteiger partial charge in [-0.2, -0.15) is 0 Å². The molecular formula is C15H23N3O. The van der Waals surface area contributed by atoms with E-state index in [9.17, 15) is 4.79 Å². The Labute approximate surface area is 114 Å². The van der Waals surface area contributed by atoms with E-state index in [1.807, 2.05) is 12.1 Å². The van der Waals surface area contributed by atoms with E-state index < -0.39 is 0 Å². The van der Waals surface area contributed by atoms with Gasteiger partial charge in [0.1, 0.15) is 0 Å². The van der Waals surface area contributed by atoms with Gasteiger partial charge in [0, 0.05) is 18.2 Å². The summed E-state index contributed by atoms with van der Waals surface area (Å²) in [5.41, 5.74) is 15.2. The number of nitrogens with one attached hydrogen (secondary N) is 1. The molecule has 0 aromatic heterocycles. The first-order chi connectivity index (χ1) is 8.94. The standard InChI is InChI=1S/C15H23N3O/c1-15(2,7-8-16)14(17)11-3-5-12-10(9-11)4-6-13(19)18-12/h3,5,9,14H,4,6-8,16-17H2,1-2H3,(H,18,19). The topological polar surface area (TPSA) is 81.1 Å². The predicted molar refractivity (Wildman–Crippen MR) is 77.8 cm³/mol. The van der Waals surface area contributed by atoms with Crippen LogP contribution in [0.5, 0.6) is 0 Å². The second-order valence-electron chi connectivity index (χ2n) is 5.97. The van der Waals surface area contributed by atoms with Gasteiger partial charge in [-0.3, -0.25) is 4.79 Å². The largest absolute Gasteiger partial charge is 0.330 e. The van der Waals surface area contributed by atoms with Gasteiger partial charge in [0.2, 0.25) is 5.91 Å². The van der Waals surface area contributed by atoms with Crippen molar-refractivity contribution < 1.29 is 4.79 Å². The molecule has 0 saturated heterocycles. The number of rotatable bonds is 4. The van der Waals surface area contributed by atoms with E-state index >= 15 is 0 Å². The molecule has 1 aliphatic heterocycles. The Morgan fingerprint density at radius 3 is 2.79 bits per heavy atom. The van der Waals surface area contributed by atoms with Gasteiger partial charge < -0.3 is 16.8 Å². The summed E-state index contributed by atoms with van der Waals surface area (Å²) in [5, 5.41) is 2.89. The molecule has 1 heterocycles. The molecule has 0 saturated carbocycles. The van der Waals surface area contributed by atoms with Crippen molar-refractivity contribution in [1.82, 2.24) is 0 Å². The minimum absolute atomic E-state index is 0.0269. The van der Waals surface area contributed by atoms with Gasteiger partial charge in [0.15, 0.2) is 0 Å². The minimum atomic E-state index is -0.0426. The summed E-state index contributed by atoms with van der Waals surface area (Å²) >= 11 is 0. The van der Waals surface area contributed by atoms with Crippen LogP contribution in [0.2, 0.25) is 0 Å². The molecule has 0 spiro atoms. The molecule has 0 bridgehead atoms. The molecule has 0 fully saturated rings.